The maximum absolute atomic E-state index is 11.3. The number of halogens is 2. The number of rotatable bonds is 3. The molecule has 0 radical (unpaired) electrons. The van der Waals surface area contributed by atoms with Gasteiger partial charge in [0.15, 0.2) is 6.29 Å². The zero-order valence-electron chi connectivity index (χ0n) is 10.8. The minimum absolute atomic E-state index is 0.548. The smallest absolute Gasteiger partial charge is 0.153 e. The molecule has 3 aromatic rings. The average Bonchev–Trinajstić information content (AvgIpc) is 2.93. The second-order valence-corrected chi connectivity index (χ2v) is 5.83. The highest BCUT2D eigenvalue weighted by Crippen LogP contribution is 2.24. The van der Waals surface area contributed by atoms with Gasteiger partial charge in [-0.25, -0.2) is 4.68 Å². The van der Waals surface area contributed by atoms with Crippen molar-refractivity contribution in [2.24, 2.45) is 0 Å². The molecule has 5 heteroatoms. The summed E-state index contributed by atoms with van der Waals surface area (Å²) in [5.41, 5.74) is 2.96. The lowest BCUT2D eigenvalue weighted by molar-refractivity contribution is 0.112. The quantitative estimate of drug-likeness (QED) is 0.630. The molecule has 1 heterocycles. The summed E-state index contributed by atoms with van der Waals surface area (Å²) in [6.07, 6.45) is 2.53. The van der Waals surface area contributed by atoms with E-state index in [1.165, 1.54) is 0 Å². The summed E-state index contributed by atoms with van der Waals surface area (Å²) in [6, 6.07) is 15.0. The van der Waals surface area contributed by atoms with Gasteiger partial charge in [-0.05, 0) is 36.4 Å². The van der Waals surface area contributed by atoms with Crippen LogP contribution >= 0.6 is 27.5 Å². The zero-order chi connectivity index (χ0) is 14.8. The van der Waals surface area contributed by atoms with Gasteiger partial charge < -0.3 is 0 Å². The number of hydrogen-bond acceptors (Lipinski definition) is 2. The topological polar surface area (TPSA) is 34.9 Å². The fraction of sp³-hybridized carbons (Fsp3) is 0. The van der Waals surface area contributed by atoms with E-state index in [0.717, 1.165) is 22.0 Å². The molecule has 0 aliphatic rings. The zero-order valence-corrected chi connectivity index (χ0v) is 13.2. The van der Waals surface area contributed by atoms with E-state index in [4.69, 9.17) is 11.6 Å². The predicted octanol–water partition coefficient (Wildman–Crippen LogP) is 4.77. The number of nitrogens with zero attached hydrogens (tertiary/aromatic N) is 2. The Kier molecular flexibility index (Phi) is 3.90. The Morgan fingerprint density at radius 2 is 1.71 bits per heavy atom. The molecule has 3 nitrogen and oxygen atoms in total. The van der Waals surface area contributed by atoms with Crippen LogP contribution < -0.4 is 0 Å². The van der Waals surface area contributed by atoms with Crippen molar-refractivity contribution in [3.8, 4) is 16.9 Å². The van der Waals surface area contributed by atoms with Crippen LogP contribution in [0.2, 0.25) is 5.02 Å². The van der Waals surface area contributed by atoms with Crippen LogP contribution in [0.3, 0.4) is 0 Å². The molecule has 0 spiro atoms. The molecule has 0 aliphatic carbocycles. The largest absolute Gasteiger partial charge is 0.298 e. The first-order valence-corrected chi connectivity index (χ1v) is 7.41. The van der Waals surface area contributed by atoms with Crippen molar-refractivity contribution in [2.45, 2.75) is 0 Å². The first-order valence-electron chi connectivity index (χ1n) is 6.24. The molecule has 104 valence electrons. The first-order chi connectivity index (χ1) is 10.2. The number of benzene rings is 2. The van der Waals surface area contributed by atoms with Crippen LogP contribution in [-0.2, 0) is 0 Å². The van der Waals surface area contributed by atoms with Crippen LogP contribution in [0.25, 0.3) is 16.9 Å². The highest BCUT2D eigenvalue weighted by molar-refractivity contribution is 9.10. The molecular weight excluding hydrogens is 352 g/mol. The molecule has 1 aromatic heterocycles. The normalized spacial score (nSPS) is 10.6. The Hall–Kier alpha value is -1.91. The van der Waals surface area contributed by atoms with E-state index in [9.17, 15) is 4.79 Å². The van der Waals surface area contributed by atoms with Crippen molar-refractivity contribution in [3.05, 3.63) is 69.8 Å². The van der Waals surface area contributed by atoms with E-state index in [2.05, 4.69) is 21.0 Å². The molecule has 0 saturated carbocycles. The molecule has 3 rings (SSSR count). The van der Waals surface area contributed by atoms with Gasteiger partial charge >= 0.3 is 0 Å². The fourth-order valence-electron chi connectivity index (χ4n) is 2.03. The van der Waals surface area contributed by atoms with E-state index in [-0.39, 0.29) is 0 Å². The van der Waals surface area contributed by atoms with Crippen molar-refractivity contribution < 1.29 is 4.79 Å². The first kappa shape index (κ1) is 14.0. The van der Waals surface area contributed by atoms with Crippen LogP contribution in [0.4, 0.5) is 0 Å². The molecule has 21 heavy (non-hydrogen) atoms. The van der Waals surface area contributed by atoms with Gasteiger partial charge in [0.2, 0.25) is 0 Å². The molecular formula is C16H10BrClN2O. The maximum Gasteiger partial charge on any atom is 0.153 e. The molecule has 0 atom stereocenters. The van der Waals surface area contributed by atoms with E-state index in [1.807, 2.05) is 36.4 Å². The lowest BCUT2D eigenvalue weighted by atomic mass is 10.1. The van der Waals surface area contributed by atoms with Gasteiger partial charge in [0.1, 0.15) is 5.69 Å². The number of aldehydes is 1. The number of carbonyl (C=O) groups excluding carboxylic acids is 1. The van der Waals surface area contributed by atoms with Gasteiger partial charge in [-0.1, -0.05) is 39.7 Å². The molecule has 0 N–H and O–H groups in total. The van der Waals surface area contributed by atoms with E-state index < -0.39 is 0 Å². The summed E-state index contributed by atoms with van der Waals surface area (Å²) in [4.78, 5) is 11.3. The van der Waals surface area contributed by atoms with Crippen molar-refractivity contribution in [1.29, 1.82) is 0 Å². The minimum Gasteiger partial charge on any atom is -0.298 e. The summed E-state index contributed by atoms with van der Waals surface area (Å²) in [5.74, 6) is 0. The number of aromatic nitrogens is 2. The van der Waals surface area contributed by atoms with Gasteiger partial charge in [0.05, 0.1) is 11.3 Å². The third kappa shape index (κ3) is 2.91. The van der Waals surface area contributed by atoms with E-state index in [1.54, 1.807) is 23.0 Å². The van der Waals surface area contributed by atoms with Crippen LogP contribution in [0.15, 0.2) is 59.2 Å². The summed E-state index contributed by atoms with van der Waals surface area (Å²) in [6.45, 7) is 0. The lowest BCUT2D eigenvalue weighted by Gasteiger charge is -2.01. The van der Waals surface area contributed by atoms with Crippen LogP contribution in [0, 0.1) is 0 Å². The average molecular weight is 362 g/mol. The monoisotopic (exact) mass is 360 g/mol. The molecule has 0 bridgehead atoms. The molecule has 0 saturated heterocycles. The molecule has 0 amide bonds. The number of hydrogen-bond donors (Lipinski definition) is 0. The van der Waals surface area contributed by atoms with Gasteiger partial charge in [0, 0.05) is 21.3 Å². The maximum atomic E-state index is 11.3. The molecule has 0 fully saturated rings. The lowest BCUT2D eigenvalue weighted by Crippen LogP contribution is -1.94. The summed E-state index contributed by atoms with van der Waals surface area (Å²) in [5, 5.41) is 5.17. The Bertz CT molecular complexity index is 779. The minimum atomic E-state index is 0.548. The highest BCUT2D eigenvalue weighted by Gasteiger charge is 2.11. The summed E-state index contributed by atoms with van der Waals surface area (Å²) in [7, 11) is 0. The Balaban J connectivity index is 2.08. The van der Waals surface area contributed by atoms with Gasteiger partial charge in [-0.15, -0.1) is 0 Å². The Morgan fingerprint density at radius 3 is 2.33 bits per heavy atom. The number of carbonyl (C=O) groups is 1. The highest BCUT2D eigenvalue weighted by atomic mass is 79.9. The second-order valence-electron chi connectivity index (χ2n) is 4.48. The van der Waals surface area contributed by atoms with Crippen LogP contribution in [0.5, 0.6) is 0 Å². The van der Waals surface area contributed by atoms with Crippen LogP contribution in [0.1, 0.15) is 10.4 Å². The standard InChI is InChI=1S/C16H10BrClN2O/c17-13-3-1-11(2-4-13)16-12(10-21)9-20(19-16)15-7-5-14(18)6-8-15/h1-10H. The Labute approximate surface area is 135 Å². The van der Waals surface area contributed by atoms with Crippen molar-refractivity contribution >= 4 is 33.8 Å². The molecule has 2 aromatic carbocycles. The SMILES string of the molecule is O=Cc1cn(-c2ccc(Cl)cc2)nc1-c1ccc(Br)cc1. The van der Waals surface area contributed by atoms with E-state index in [0.29, 0.717) is 16.3 Å². The summed E-state index contributed by atoms with van der Waals surface area (Å²) >= 11 is 9.28. The third-order valence-electron chi connectivity index (χ3n) is 3.08. The third-order valence-corrected chi connectivity index (χ3v) is 3.86. The van der Waals surface area contributed by atoms with Crippen LogP contribution in [-0.4, -0.2) is 16.1 Å². The van der Waals surface area contributed by atoms with Gasteiger partial charge in [-0.3, -0.25) is 4.79 Å². The van der Waals surface area contributed by atoms with Crippen molar-refractivity contribution in [3.63, 3.8) is 0 Å². The molecule has 0 aliphatic heterocycles. The second kappa shape index (κ2) is 5.84. The molecule has 0 unspecified atom stereocenters. The van der Waals surface area contributed by atoms with Crippen molar-refractivity contribution in [2.75, 3.05) is 0 Å². The Morgan fingerprint density at radius 1 is 1.05 bits per heavy atom. The fourth-order valence-corrected chi connectivity index (χ4v) is 2.42. The van der Waals surface area contributed by atoms with Gasteiger partial charge in [-0.2, -0.15) is 5.10 Å². The predicted molar refractivity (Wildman–Crippen MR) is 87.1 cm³/mol. The van der Waals surface area contributed by atoms with Gasteiger partial charge in [0.25, 0.3) is 0 Å². The van der Waals surface area contributed by atoms with Crippen molar-refractivity contribution in [1.82, 2.24) is 9.78 Å². The van der Waals surface area contributed by atoms with E-state index >= 15 is 0 Å². The summed E-state index contributed by atoms with van der Waals surface area (Å²) < 4.78 is 2.66.